The van der Waals surface area contributed by atoms with Gasteiger partial charge in [-0.2, -0.15) is 0 Å². The molecule has 0 amide bonds. The van der Waals surface area contributed by atoms with Crippen molar-refractivity contribution < 1.29 is 24.1 Å². The summed E-state index contributed by atoms with van der Waals surface area (Å²) in [5.41, 5.74) is 2.21. The van der Waals surface area contributed by atoms with Gasteiger partial charge in [0, 0.05) is 38.0 Å². The first kappa shape index (κ1) is 18.9. The summed E-state index contributed by atoms with van der Waals surface area (Å²) >= 11 is 0. The normalized spacial score (nSPS) is 23.8. The molecule has 29 heavy (non-hydrogen) atoms. The maximum atomic E-state index is 13.5. The number of piperidine rings is 1. The lowest BCUT2D eigenvalue weighted by molar-refractivity contribution is -0.0589. The third kappa shape index (κ3) is 3.61. The average Bonchev–Trinajstić information content (AvgIpc) is 3.18. The van der Waals surface area contributed by atoms with Crippen LogP contribution in [0.1, 0.15) is 48.2 Å². The minimum absolute atomic E-state index is 0.357. The van der Waals surface area contributed by atoms with E-state index in [-0.39, 0.29) is 5.82 Å². The molecule has 1 fully saturated rings. The van der Waals surface area contributed by atoms with E-state index in [0.29, 0.717) is 30.9 Å². The van der Waals surface area contributed by atoms with Gasteiger partial charge in [-0.25, -0.2) is 4.39 Å². The van der Waals surface area contributed by atoms with Crippen molar-refractivity contribution in [1.82, 2.24) is 4.90 Å². The zero-order chi connectivity index (χ0) is 20.0. The molecule has 0 aliphatic carbocycles. The van der Waals surface area contributed by atoms with E-state index in [9.17, 15) is 14.6 Å². The van der Waals surface area contributed by atoms with Crippen LogP contribution in [0.4, 0.5) is 4.39 Å². The van der Waals surface area contributed by atoms with Gasteiger partial charge in [0.2, 0.25) is 0 Å². The minimum Gasteiger partial charge on any atom is -0.493 e. The monoisotopic (exact) mass is 399 g/mol. The van der Waals surface area contributed by atoms with Gasteiger partial charge in [-0.3, -0.25) is 0 Å². The Morgan fingerprint density at radius 3 is 2.76 bits per heavy atom. The molecule has 1 spiro atoms. The highest BCUT2D eigenvalue weighted by atomic mass is 19.1. The SMILES string of the molecule is O[C@H](CN1CCC2(CC1)C[C@H](O)c1cc(F)ccc1O2)c1ccc2c(c1)CCO2. The number of benzene rings is 2. The summed E-state index contributed by atoms with van der Waals surface area (Å²) in [6.07, 6.45) is 1.66. The number of β-amino-alcohol motifs (C(OH)–C–C–N with tert-alkyl or cyclic N) is 1. The molecule has 3 aliphatic rings. The molecule has 5 nitrogen and oxygen atoms in total. The van der Waals surface area contributed by atoms with Gasteiger partial charge in [0.25, 0.3) is 0 Å². The van der Waals surface area contributed by atoms with E-state index in [1.54, 1.807) is 6.07 Å². The van der Waals surface area contributed by atoms with Crippen LogP contribution < -0.4 is 9.47 Å². The Morgan fingerprint density at radius 1 is 1.14 bits per heavy atom. The molecule has 3 heterocycles. The van der Waals surface area contributed by atoms with Crippen LogP contribution in [0.15, 0.2) is 36.4 Å². The van der Waals surface area contributed by atoms with E-state index in [2.05, 4.69) is 11.0 Å². The third-order valence-corrected chi connectivity index (χ3v) is 6.52. The topological polar surface area (TPSA) is 62.2 Å². The summed E-state index contributed by atoms with van der Waals surface area (Å²) in [6, 6.07) is 10.3. The highest BCUT2D eigenvalue weighted by Crippen LogP contribution is 2.44. The number of hydrogen-bond acceptors (Lipinski definition) is 5. The van der Waals surface area contributed by atoms with E-state index in [4.69, 9.17) is 9.47 Å². The highest BCUT2D eigenvalue weighted by Gasteiger charge is 2.43. The van der Waals surface area contributed by atoms with Crippen LogP contribution in [0.5, 0.6) is 11.5 Å². The van der Waals surface area contributed by atoms with Crippen molar-refractivity contribution >= 4 is 0 Å². The van der Waals surface area contributed by atoms with Gasteiger partial charge < -0.3 is 24.6 Å². The van der Waals surface area contributed by atoms with Gasteiger partial charge >= 0.3 is 0 Å². The fourth-order valence-corrected chi connectivity index (χ4v) is 4.82. The molecule has 0 unspecified atom stereocenters. The largest absolute Gasteiger partial charge is 0.493 e. The molecule has 6 heteroatoms. The quantitative estimate of drug-likeness (QED) is 0.830. The Bertz CT molecular complexity index is 910. The molecule has 0 radical (unpaired) electrons. The fraction of sp³-hybridized carbons (Fsp3) is 0.478. The molecule has 2 aromatic rings. The number of fused-ring (bicyclic) bond motifs is 2. The lowest BCUT2D eigenvalue weighted by Gasteiger charge is -2.46. The summed E-state index contributed by atoms with van der Waals surface area (Å²) in [5.74, 6) is 1.15. The van der Waals surface area contributed by atoms with E-state index in [0.717, 1.165) is 43.7 Å². The fourth-order valence-electron chi connectivity index (χ4n) is 4.82. The summed E-state index contributed by atoms with van der Waals surface area (Å²) < 4.78 is 25.3. The Balaban J connectivity index is 1.22. The molecule has 5 rings (SSSR count). The highest BCUT2D eigenvalue weighted by molar-refractivity contribution is 5.41. The first-order valence-electron chi connectivity index (χ1n) is 10.3. The molecule has 2 N–H and O–H groups in total. The average molecular weight is 399 g/mol. The molecule has 1 saturated heterocycles. The molecular weight excluding hydrogens is 373 g/mol. The van der Waals surface area contributed by atoms with Crippen LogP contribution in [0.3, 0.4) is 0 Å². The van der Waals surface area contributed by atoms with Crippen LogP contribution in [-0.4, -0.2) is 47.0 Å². The van der Waals surface area contributed by atoms with Gasteiger partial charge in [0.15, 0.2) is 0 Å². The Hall–Kier alpha value is -2.15. The second-order valence-electron chi connectivity index (χ2n) is 8.47. The van der Waals surface area contributed by atoms with Crippen molar-refractivity contribution in [2.75, 3.05) is 26.2 Å². The van der Waals surface area contributed by atoms with Gasteiger partial charge in [0.05, 0.1) is 18.8 Å². The Morgan fingerprint density at radius 2 is 1.93 bits per heavy atom. The number of halogens is 1. The summed E-state index contributed by atoms with van der Waals surface area (Å²) in [7, 11) is 0. The number of nitrogens with zero attached hydrogens (tertiary/aromatic N) is 1. The van der Waals surface area contributed by atoms with Crippen molar-refractivity contribution in [3.8, 4) is 11.5 Å². The van der Waals surface area contributed by atoms with Crippen molar-refractivity contribution in [2.24, 2.45) is 0 Å². The maximum absolute atomic E-state index is 13.5. The smallest absolute Gasteiger partial charge is 0.126 e. The third-order valence-electron chi connectivity index (χ3n) is 6.52. The van der Waals surface area contributed by atoms with Gasteiger partial charge in [0.1, 0.15) is 22.9 Å². The van der Waals surface area contributed by atoms with Crippen LogP contribution in [0.25, 0.3) is 0 Å². The number of likely N-dealkylation sites (tertiary alicyclic amines) is 1. The number of ether oxygens (including phenoxy) is 2. The summed E-state index contributed by atoms with van der Waals surface area (Å²) in [6.45, 7) is 2.85. The second kappa shape index (κ2) is 7.27. The summed E-state index contributed by atoms with van der Waals surface area (Å²) in [4.78, 5) is 2.25. The number of aliphatic hydroxyl groups is 2. The first-order valence-corrected chi connectivity index (χ1v) is 10.3. The molecule has 0 aromatic heterocycles. The number of hydrogen-bond donors (Lipinski definition) is 2. The molecular formula is C23H26FNO4. The van der Waals surface area contributed by atoms with Gasteiger partial charge in [-0.1, -0.05) is 6.07 Å². The molecule has 2 atom stereocenters. The zero-order valence-corrected chi connectivity index (χ0v) is 16.3. The minimum atomic E-state index is -0.708. The molecule has 154 valence electrons. The summed E-state index contributed by atoms with van der Waals surface area (Å²) in [5, 5.41) is 21.2. The van der Waals surface area contributed by atoms with Crippen LogP contribution in [0.2, 0.25) is 0 Å². The van der Waals surface area contributed by atoms with E-state index < -0.39 is 17.8 Å². The lowest BCUT2D eigenvalue weighted by atomic mass is 9.81. The van der Waals surface area contributed by atoms with Crippen molar-refractivity contribution in [1.29, 1.82) is 0 Å². The predicted molar refractivity (Wildman–Crippen MR) is 106 cm³/mol. The lowest BCUT2D eigenvalue weighted by Crippen LogP contribution is -2.51. The Kier molecular flexibility index (Phi) is 4.73. The maximum Gasteiger partial charge on any atom is 0.126 e. The Labute approximate surface area is 169 Å². The standard InChI is InChI=1S/C23H26FNO4/c24-17-2-4-22-18(12-17)19(26)13-23(29-22)6-8-25(9-7-23)14-20(27)15-1-3-21-16(11-15)5-10-28-21/h1-4,11-12,19-20,26-27H,5-10,13-14H2/t19-,20+/m0/s1. The molecule has 3 aliphatic heterocycles. The number of aliphatic hydroxyl groups excluding tert-OH is 2. The first-order chi connectivity index (χ1) is 14.0. The van der Waals surface area contributed by atoms with Crippen molar-refractivity contribution in [3.63, 3.8) is 0 Å². The van der Waals surface area contributed by atoms with Gasteiger partial charge in [-0.05, 0) is 54.3 Å². The van der Waals surface area contributed by atoms with E-state index in [1.165, 1.54) is 17.7 Å². The molecule has 2 aromatic carbocycles. The molecule has 0 bridgehead atoms. The molecule has 0 saturated carbocycles. The van der Waals surface area contributed by atoms with E-state index >= 15 is 0 Å². The van der Waals surface area contributed by atoms with Crippen molar-refractivity contribution in [3.05, 3.63) is 58.9 Å². The predicted octanol–water partition coefficient (Wildman–Crippen LogP) is 3.14. The van der Waals surface area contributed by atoms with Crippen LogP contribution in [-0.2, 0) is 6.42 Å². The second-order valence-corrected chi connectivity index (χ2v) is 8.47. The zero-order valence-electron chi connectivity index (χ0n) is 16.3. The van der Waals surface area contributed by atoms with Crippen LogP contribution >= 0.6 is 0 Å². The van der Waals surface area contributed by atoms with Crippen LogP contribution in [0, 0.1) is 5.82 Å². The van der Waals surface area contributed by atoms with E-state index in [1.807, 2.05) is 12.1 Å². The van der Waals surface area contributed by atoms with Crippen molar-refractivity contribution in [2.45, 2.75) is 43.5 Å². The van der Waals surface area contributed by atoms with Gasteiger partial charge in [-0.15, -0.1) is 0 Å². The number of rotatable bonds is 3.